The van der Waals surface area contributed by atoms with Crippen LogP contribution >= 0.6 is 0 Å². The molecule has 0 aromatic rings. The molecule has 15 heavy (non-hydrogen) atoms. The smallest absolute Gasteiger partial charge is 0.393 e. The SMILES string of the molecule is N#CC(=O)CC(=O)OC(F)(F)C(F)(F)F. The molecule has 0 heterocycles. The first-order valence-electron chi connectivity index (χ1n) is 3.19. The average Bonchev–Trinajstić information content (AvgIpc) is 2.00. The van der Waals surface area contributed by atoms with E-state index in [1.54, 1.807) is 0 Å². The van der Waals surface area contributed by atoms with Crippen LogP contribution in [0.2, 0.25) is 0 Å². The van der Waals surface area contributed by atoms with Crippen molar-refractivity contribution < 1.29 is 36.3 Å². The van der Waals surface area contributed by atoms with Gasteiger partial charge in [0.2, 0.25) is 5.78 Å². The van der Waals surface area contributed by atoms with E-state index in [1.807, 2.05) is 0 Å². The van der Waals surface area contributed by atoms with Crippen molar-refractivity contribution in [2.75, 3.05) is 0 Å². The zero-order valence-electron chi connectivity index (χ0n) is 6.77. The maximum absolute atomic E-state index is 12.0. The lowest BCUT2D eigenvalue weighted by Gasteiger charge is -2.18. The number of hydrogen-bond donors (Lipinski definition) is 0. The molecule has 4 nitrogen and oxygen atoms in total. The molecule has 84 valence electrons. The largest absolute Gasteiger partial charge is 0.501 e. The summed E-state index contributed by atoms with van der Waals surface area (Å²) in [7, 11) is 0. The number of nitrogens with zero attached hydrogens (tertiary/aromatic N) is 1. The third-order valence-corrected chi connectivity index (χ3v) is 1.00. The van der Waals surface area contributed by atoms with Gasteiger partial charge in [-0.15, -0.1) is 0 Å². The third kappa shape index (κ3) is 3.88. The van der Waals surface area contributed by atoms with E-state index in [-0.39, 0.29) is 0 Å². The molecule has 0 aromatic heterocycles. The number of alkyl halides is 5. The van der Waals surface area contributed by atoms with Crippen LogP contribution in [-0.2, 0) is 14.3 Å². The summed E-state index contributed by atoms with van der Waals surface area (Å²) >= 11 is 0. The molecule has 9 heteroatoms. The molecule has 0 atom stereocenters. The minimum atomic E-state index is -6.06. The normalized spacial score (nSPS) is 11.7. The standard InChI is InChI=1S/C6H2F5NO3/c7-5(8,9)6(10,11)15-4(14)1-3(13)2-12/h1H2. The van der Waals surface area contributed by atoms with Crippen molar-refractivity contribution in [1.29, 1.82) is 5.26 Å². The number of esters is 1. The fraction of sp³-hybridized carbons (Fsp3) is 0.500. The molecular weight excluding hydrogens is 229 g/mol. The summed E-state index contributed by atoms with van der Waals surface area (Å²) in [6.45, 7) is 0. The van der Waals surface area contributed by atoms with Crippen LogP contribution in [0.1, 0.15) is 6.42 Å². The van der Waals surface area contributed by atoms with E-state index in [0.29, 0.717) is 0 Å². The zero-order chi connectivity index (χ0) is 12.3. The van der Waals surface area contributed by atoms with E-state index in [4.69, 9.17) is 5.26 Å². The first-order chi connectivity index (χ1) is 6.60. The third-order valence-electron chi connectivity index (χ3n) is 1.00. The van der Waals surface area contributed by atoms with Gasteiger partial charge in [-0.25, -0.2) is 0 Å². The fourth-order valence-corrected chi connectivity index (χ4v) is 0.408. The van der Waals surface area contributed by atoms with Gasteiger partial charge >= 0.3 is 18.3 Å². The second-order valence-corrected chi connectivity index (χ2v) is 2.20. The molecule has 0 saturated carbocycles. The molecule has 0 spiro atoms. The van der Waals surface area contributed by atoms with Crippen LogP contribution in [0.4, 0.5) is 22.0 Å². The minimum Gasteiger partial charge on any atom is -0.393 e. The number of Topliss-reactive ketones (excluding diaryl/α,β-unsaturated/α-hetero) is 1. The lowest BCUT2D eigenvalue weighted by atomic mass is 10.3. The number of nitriles is 1. The number of halogens is 5. The van der Waals surface area contributed by atoms with E-state index < -0.39 is 30.5 Å². The van der Waals surface area contributed by atoms with E-state index in [0.717, 1.165) is 6.07 Å². The van der Waals surface area contributed by atoms with E-state index in [9.17, 15) is 31.5 Å². The van der Waals surface area contributed by atoms with E-state index in [1.165, 1.54) is 0 Å². The Morgan fingerprint density at radius 2 is 1.67 bits per heavy atom. The Bertz CT molecular complexity index is 316. The Balaban J connectivity index is 4.44. The van der Waals surface area contributed by atoms with Gasteiger partial charge in [0.25, 0.3) is 0 Å². The zero-order valence-corrected chi connectivity index (χ0v) is 6.77. The highest BCUT2D eigenvalue weighted by atomic mass is 19.4. The Morgan fingerprint density at radius 1 is 1.20 bits per heavy atom. The highest BCUT2D eigenvalue weighted by Gasteiger charge is 2.62. The lowest BCUT2D eigenvalue weighted by molar-refractivity contribution is -0.376. The van der Waals surface area contributed by atoms with Crippen molar-refractivity contribution in [3.63, 3.8) is 0 Å². The summed E-state index contributed by atoms with van der Waals surface area (Å²) in [5.74, 6) is -3.60. The second kappa shape index (κ2) is 4.20. The Morgan fingerprint density at radius 3 is 2.00 bits per heavy atom. The monoisotopic (exact) mass is 231 g/mol. The average molecular weight is 231 g/mol. The molecule has 0 radical (unpaired) electrons. The minimum absolute atomic E-state index is 0.854. The van der Waals surface area contributed by atoms with Gasteiger partial charge in [0.15, 0.2) is 0 Å². The molecule has 0 aliphatic rings. The van der Waals surface area contributed by atoms with Crippen LogP contribution in [0.3, 0.4) is 0 Å². The topological polar surface area (TPSA) is 67.2 Å². The Kier molecular flexibility index (Phi) is 3.72. The maximum Gasteiger partial charge on any atom is 0.501 e. The number of carbonyl (C=O) groups excluding carboxylic acids is 2. The molecule has 0 aromatic carbocycles. The van der Waals surface area contributed by atoms with Crippen molar-refractivity contribution in [3.05, 3.63) is 0 Å². The van der Waals surface area contributed by atoms with Crippen molar-refractivity contribution in [1.82, 2.24) is 0 Å². The quantitative estimate of drug-likeness (QED) is 0.316. The van der Waals surface area contributed by atoms with Crippen LogP contribution in [0.25, 0.3) is 0 Å². The number of rotatable bonds is 3. The summed E-state index contributed by atoms with van der Waals surface area (Å²) in [5, 5.41) is 7.82. The van der Waals surface area contributed by atoms with Crippen LogP contribution in [0.15, 0.2) is 0 Å². The van der Waals surface area contributed by atoms with Crippen LogP contribution in [0, 0.1) is 11.3 Å². The first-order valence-corrected chi connectivity index (χ1v) is 3.19. The summed E-state index contributed by atoms with van der Waals surface area (Å²) < 4.78 is 61.0. The van der Waals surface area contributed by atoms with Gasteiger partial charge in [-0.3, -0.25) is 9.59 Å². The lowest BCUT2D eigenvalue weighted by Crippen LogP contribution is -2.41. The van der Waals surface area contributed by atoms with Crippen LogP contribution < -0.4 is 0 Å². The molecule has 0 rings (SSSR count). The summed E-state index contributed by atoms with van der Waals surface area (Å²) in [5.41, 5.74) is 0. The molecular formula is C6H2F5NO3. The Hall–Kier alpha value is -1.72. The van der Waals surface area contributed by atoms with E-state index >= 15 is 0 Å². The maximum atomic E-state index is 12.0. The van der Waals surface area contributed by atoms with Gasteiger partial charge < -0.3 is 4.74 Å². The van der Waals surface area contributed by atoms with Gasteiger partial charge in [0, 0.05) is 0 Å². The molecule has 0 aliphatic heterocycles. The molecule has 0 amide bonds. The van der Waals surface area contributed by atoms with Gasteiger partial charge in [0.05, 0.1) is 0 Å². The van der Waals surface area contributed by atoms with Gasteiger partial charge in [-0.1, -0.05) is 0 Å². The summed E-state index contributed by atoms with van der Waals surface area (Å²) in [6.07, 6.45) is -13.2. The number of hydrogen-bond acceptors (Lipinski definition) is 4. The molecule has 0 aliphatic carbocycles. The van der Waals surface area contributed by atoms with Crippen LogP contribution in [0.5, 0.6) is 0 Å². The molecule has 0 bridgehead atoms. The van der Waals surface area contributed by atoms with Crippen molar-refractivity contribution in [3.8, 4) is 6.07 Å². The number of ketones is 1. The van der Waals surface area contributed by atoms with Gasteiger partial charge in [0.1, 0.15) is 12.5 Å². The van der Waals surface area contributed by atoms with Crippen molar-refractivity contribution >= 4 is 11.8 Å². The number of carbonyl (C=O) groups is 2. The number of ether oxygens (including phenoxy) is 1. The first kappa shape index (κ1) is 13.3. The highest BCUT2D eigenvalue weighted by Crippen LogP contribution is 2.36. The predicted octanol–water partition coefficient (Wildman–Crippen LogP) is 1.17. The molecule has 0 saturated heterocycles. The van der Waals surface area contributed by atoms with E-state index in [2.05, 4.69) is 4.74 Å². The summed E-state index contributed by atoms with van der Waals surface area (Å²) in [6, 6.07) is 0.854. The van der Waals surface area contributed by atoms with Gasteiger partial charge in [-0.05, 0) is 0 Å². The molecule has 0 unspecified atom stereocenters. The fourth-order valence-electron chi connectivity index (χ4n) is 0.408. The molecule has 0 N–H and O–H groups in total. The van der Waals surface area contributed by atoms with Crippen molar-refractivity contribution in [2.24, 2.45) is 0 Å². The van der Waals surface area contributed by atoms with Gasteiger partial charge in [-0.2, -0.15) is 27.2 Å². The second-order valence-electron chi connectivity index (χ2n) is 2.20. The van der Waals surface area contributed by atoms with Crippen molar-refractivity contribution in [2.45, 2.75) is 18.7 Å². The molecule has 0 fully saturated rings. The van der Waals surface area contributed by atoms with Crippen LogP contribution in [-0.4, -0.2) is 24.0 Å². The Labute approximate surface area is 79.2 Å². The predicted molar refractivity (Wildman–Crippen MR) is 32.3 cm³/mol. The summed E-state index contributed by atoms with van der Waals surface area (Å²) in [4.78, 5) is 20.5. The highest BCUT2D eigenvalue weighted by molar-refractivity contribution is 6.04.